The number of nitrogens with one attached hydrogen (secondary N) is 1. The molecule has 12 nitrogen and oxygen atoms in total. The Hall–Kier alpha value is -3.45. The Morgan fingerprint density at radius 1 is 0.639 bits per heavy atom. The van der Waals surface area contributed by atoms with Crippen LogP contribution in [0.3, 0.4) is 0 Å². The minimum Gasteiger partial charge on any atom is -0.338 e. The third-order valence-corrected chi connectivity index (χ3v) is 5.34. The van der Waals surface area contributed by atoms with E-state index in [0.29, 0.717) is 58.3 Å². The van der Waals surface area contributed by atoms with Gasteiger partial charge in [-0.1, -0.05) is 38.5 Å². The van der Waals surface area contributed by atoms with E-state index >= 15 is 0 Å². The molecule has 0 rings (SSSR count). The quantitative estimate of drug-likeness (QED) is 0.103. The smallest absolute Gasteiger partial charge is 0.334 e. The highest BCUT2D eigenvalue weighted by Gasteiger charge is 2.25. The third-order valence-electron chi connectivity index (χ3n) is 5.34. The molecule has 0 heterocycles. The van der Waals surface area contributed by atoms with Crippen LogP contribution in [0.4, 0.5) is 9.59 Å². The van der Waals surface area contributed by atoms with Crippen molar-refractivity contribution in [1.82, 2.24) is 15.1 Å². The zero-order chi connectivity index (χ0) is 26.7. The molecule has 0 fully saturated rings. The summed E-state index contributed by atoms with van der Waals surface area (Å²) in [5, 5.41) is 2.75. The minimum absolute atomic E-state index is 0.166. The van der Waals surface area contributed by atoms with E-state index in [2.05, 4.69) is 20.3 Å². The molecule has 0 aromatic heterocycles. The van der Waals surface area contributed by atoms with E-state index in [1.165, 1.54) is 18.2 Å². The molecule has 0 radical (unpaired) electrons. The minimum atomic E-state index is -0.662. The molecule has 0 spiro atoms. The van der Waals surface area contributed by atoms with E-state index in [1.54, 1.807) is 0 Å². The van der Waals surface area contributed by atoms with Gasteiger partial charge >= 0.3 is 12.1 Å². The Kier molecular flexibility index (Phi) is 22.3. The van der Waals surface area contributed by atoms with Gasteiger partial charge in [0.05, 0.1) is 19.6 Å². The normalized spacial score (nSPS) is 9.78. The van der Waals surface area contributed by atoms with Crippen LogP contribution in [0.2, 0.25) is 0 Å². The number of nitrogens with zero attached hydrogens (tertiary/aromatic N) is 5. The van der Waals surface area contributed by atoms with Gasteiger partial charge in [-0.05, 0) is 38.5 Å². The Morgan fingerprint density at radius 2 is 1.08 bits per heavy atom. The number of unbranched alkanes of at least 4 members (excludes halogenated alkanes) is 9. The number of aliphatic imine (C=N–C) groups is 3. The molecule has 0 aliphatic rings. The van der Waals surface area contributed by atoms with Crippen molar-refractivity contribution in [2.45, 2.75) is 77.0 Å². The molecule has 0 saturated heterocycles. The molecular formula is C24H38N6O6. The van der Waals surface area contributed by atoms with Crippen molar-refractivity contribution >= 4 is 36.7 Å². The van der Waals surface area contributed by atoms with E-state index in [0.717, 1.165) is 61.2 Å². The van der Waals surface area contributed by atoms with Crippen molar-refractivity contribution in [1.29, 1.82) is 0 Å². The summed E-state index contributed by atoms with van der Waals surface area (Å²) < 4.78 is 0. The van der Waals surface area contributed by atoms with Crippen molar-refractivity contribution in [3.63, 3.8) is 0 Å². The molecule has 200 valence electrons. The van der Waals surface area contributed by atoms with Crippen molar-refractivity contribution < 1.29 is 28.8 Å². The summed E-state index contributed by atoms with van der Waals surface area (Å²) in [4.78, 5) is 80.1. The Labute approximate surface area is 212 Å². The lowest BCUT2D eigenvalue weighted by molar-refractivity contribution is -0.116. The van der Waals surface area contributed by atoms with Gasteiger partial charge in [-0.15, -0.1) is 0 Å². The molecular weight excluding hydrogens is 468 g/mol. The molecule has 0 aliphatic heterocycles. The Bertz CT molecular complexity index is 773. The van der Waals surface area contributed by atoms with Crippen LogP contribution in [-0.4, -0.2) is 85.8 Å². The molecule has 5 amide bonds. The molecule has 0 bridgehead atoms. The van der Waals surface area contributed by atoms with Crippen LogP contribution in [0, 0.1) is 0 Å². The van der Waals surface area contributed by atoms with Gasteiger partial charge in [0.1, 0.15) is 0 Å². The monoisotopic (exact) mass is 506 g/mol. The number of carbonyl (C=O) groups is 3. The highest BCUT2D eigenvalue weighted by atomic mass is 16.2. The van der Waals surface area contributed by atoms with Gasteiger partial charge in [0.25, 0.3) is 0 Å². The van der Waals surface area contributed by atoms with Gasteiger partial charge in [0, 0.05) is 19.6 Å². The summed E-state index contributed by atoms with van der Waals surface area (Å²) in [6.07, 6.45) is 13.7. The van der Waals surface area contributed by atoms with Gasteiger partial charge in [-0.2, -0.15) is 0 Å². The van der Waals surface area contributed by atoms with E-state index in [1.807, 2.05) is 0 Å². The van der Waals surface area contributed by atoms with Crippen LogP contribution in [0.1, 0.15) is 77.0 Å². The van der Waals surface area contributed by atoms with E-state index in [-0.39, 0.29) is 13.1 Å². The first-order valence-corrected chi connectivity index (χ1v) is 12.5. The number of hydrogen-bond acceptors (Lipinski definition) is 9. The predicted molar refractivity (Wildman–Crippen MR) is 133 cm³/mol. The SMILES string of the molecule is O=C=NCCCCCCNC(=O)N(CCCCCCN=C=O)C(=O)N(C=O)CCCCCCN=C=O. The van der Waals surface area contributed by atoms with Gasteiger partial charge < -0.3 is 5.32 Å². The second kappa shape index (κ2) is 24.7. The zero-order valence-electron chi connectivity index (χ0n) is 21.0. The number of isocyanates is 3. The Morgan fingerprint density at radius 3 is 1.56 bits per heavy atom. The summed E-state index contributed by atoms with van der Waals surface area (Å²) in [5.41, 5.74) is 0. The molecule has 0 aliphatic carbocycles. The molecule has 0 aromatic rings. The van der Waals surface area contributed by atoms with Crippen LogP contribution in [0.25, 0.3) is 0 Å². The first kappa shape index (κ1) is 32.6. The number of hydrogen-bond donors (Lipinski definition) is 1. The van der Waals surface area contributed by atoms with Gasteiger partial charge in [-0.3, -0.25) is 9.69 Å². The second-order valence-corrected chi connectivity index (χ2v) is 8.13. The van der Waals surface area contributed by atoms with Crippen LogP contribution in [-0.2, 0) is 19.2 Å². The molecule has 1 N–H and O–H groups in total. The molecule has 0 atom stereocenters. The largest absolute Gasteiger partial charge is 0.338 e. The van der Waals surface area contributed by atoms with Crippen molar-refractivity contribution in [3.8, 4) is 0 Å². The van der Waals surface area contributed by atoms with Gasteiger partial charge in [0.2, 0.25) is 24.6 Å². The molecule has 12 heteroatoms. The summed E-state index contributed by atoms with van der Waals surface area (Å²) >= 11 is 0. The first-order valence-electron chi connectivity index (χ1n) is 12.5. The predicted octanol–water partition coefficient (Wildman–Crippen LogP) is 3.27. The standard InChI is InChI=1S/C24H38N6O6/c31-19-25-13-7-1-2-10-16-28-23(35)30(18-12-6-4-9-15-27-21-33)24(36)29(22-34)17-11-5-3-8-14-26-20-32/h22H,1-18H2,(H,28,35). The highest BCUT2D eigenvalue weighted by molar-refractivity contribution is 5.97. The van der Waals surface area contributed by atoms with Gasteiger partial charge in [-0.25, -0.2) is 43.8 Å². The van der Waals surface area contributed by atoms with Crippen molar-refractivity contribution in [3.05, 3.63) is 0 Å². The summed E-state index contributed by atoms with van der Waals surface area (Å²) in [6.45, 7) is 1.98. The third kappa shape index (κ3) is 18.0. The number of amides is 5. The summed E-state index contributed by atoms with van der Waals surface area (Å²) in [5.74, 6) is 0. The molecule has 0 saturated carbocycles. The molecule has 0 aromatic carbocycles. The first-order chi connectivity index (χ1) is 17.6. The maximum absolute atomic E-state index is 13.0. The maximum atomic E-state index is 13.0. The van der Waals surface area contributed by atoms with Crippen LogP contribution in [0.5, 0.6) is 0 Å². The zero-order valence-corrected chi connectivity index (χ0v) is 21.0. The topological polar surface area (TPSA) is 158 Å². The molecule has 0 unspecified atom stereocenters. The lowest BCUT2D eigenvalue weighted by Crippen LogP contribution is -2.50. The van der Waals surface area contributed by atoms with Crippen LogP contribution < -0.4 is 5.32 Å². The second-order valence-electron chi connectivity index (χ2n) is 8.13. The van der Waals surface area contributed by atoms with E-state index < -0.39 is 12.1 Å². The Balaban J connectivity index is 4.71. The van der Waals surface area contributed by atoms with Crippen molar-refractivity contribution in [2.24, 2.45) is 15.0 Å². The summed E-state index contributed by atoms with van der Waals surface area (Å²) in [7, 11) is 0. The van der Waals surface area contributed by atoms with E-state index in [9.17, 15) is 28.8 Å². The summed E-state index contributed by atoms with van der Waals surface area (Å²) in [6, 6.07) is -1.21. The molecule has 36 heavy (non-hydrogen) atoms. The average Bonchev–Trinajstić information content (AvgIpc) is 2.88. The van der Waals surface area contributed by atoms with Crippen LogP contribution in [0.15, 0.2) is 15.0 Å². The lowest BCUT2D eigenvalue weighted by atomic mass is 10.2. The fraction of sp³-hybridized carbons (Fsp3) is 0.750. The van der Waals surface area contributed by atoms with Crippen LogP contribution >= 0.6 is 0 Å². The number of carbonyl (C=O) groups excluding carboxylic acids is 6. The average molecular weight is 507 g/mol. The van der Waals surface area contributed by atoms with Crippen molar-refractivity contribution in [2.75, 3.05) is 39.3 Å². The number of rotatable bonds is 22. The lowest BCUT2D eigenvalue weighted by Gasteiger charge is -2.26. The van der Waals surface area contributed by atoms with E-state index in [4.69, 9.17) is 0 Å². The van der Waals surface area contributed by atoms with Gasteiger partial charge in [0.15, 0.2) is 0 Å². The maximum Gasteiger partial charge on any atom is 0.334 e. The fourth-order valence-electron chi connectivity index (χ4n) is 3.37. The number of urea groups is 2. The fourth-order valence-corrected chi connectivity index (χ4v) is 3.37. The highest BCUT2D eigenvalue weighted by Crippen LogP contribution is 2.08. The number of imide groups is 2.